The normalized spacial score (nSPS) is 11.7. The van der Waals surface area contributed by atoms with Crippen LogP contribution in [0, 0.1) is 5.92 Å². The van der Waals surface area contributed by atoms with Crippen LogP contribution < -0.4 is 9.47 Å². The lowest BCUT2D eigenvalue weighted by atomic mass is 10.0. The molecular weight excluding hydrogens is 709 g/mol. The van der Waals surface area contributed by atoms with Crippen molar-refractivity contribution in [3.8, 4) is 34.3 Å². The Hall–Kier alpha value is -4.46. The summed E-state index contributed by atoms with van der Waals surface area (Å²) in [5.74, 6) is 1.52. The third kappa shape index (κ3) is 18.6. The highest BCUT2D eigenvalue weighted by atomic mass is 16.5. The predicted octanol–water partition coefficient (Wildman–Crippen LogP) is 13.1. The van der Waals surface area contributed by atoms with Gasteiger partial charge in [-0.3, -0.25) is 9.59 Å². The second-order valence-electron chi connectivity index (χ2n) is 15.8. The summed E-state index contributed by atoms with van der Waals surface area (Å²) in [5.41, 5.74) is 4.06. The summed E-state index contributed by atoms with van der Waals surface area (Å²) >= 11 is 0. The summed E-state index contributed by atoms with van der Waals surface area (Å²) in [4.78, 5) is 43.5. The summed E-state index contributed by atoms with van der Waals surface area (Å²) < 4.78 is 11.1. The molecule has 2 aromatic carbocycles. The van der Waals surface area contributed by atoms with Gasteiger partial charge in [-0.2, -0.15) is 0 Å². The standard InChI is InChI=1S/C49H68N4O4/c1-4-6-8-10-12-14-16-18-20-22-40-35-50-48(51-36-40)42-25-29-44(30-26-42)56-46(54)33-24-39(3)34-47(55)57-45-31-27-43(28-32-45)49-52-37-41(38-53-49)23-21-19-17-15-13-11-9-7-5-2/h25-32,35-39H,4-24,33-34H2,1-3H3/t39-/m1/s1. The van der Waals surface area contributed by atoms with Gasteiger partial charge >= 0.3 is 11.9 Å². The number of rotatable bonds is 29. The largest absolute Gasteiger partial charge is 0.427 e. The maximum atomic E-state index is 12.7. The highest BCUT2D eigenvalue weighted by Gasteiger charge is 2.15. The van der Waals surface area contributed by atoms with Gasteiger partial charge in [0.05, 0.1) is 0 Å². The Kier molecular flexibility index (Phi) is 21.6. The van der Waals surface area contributed by atoms with E-state index in [1.165, 1.54) is 116 Å². The number of carbonyl (C=O) groups is 2. The molecule has 4 aromatic rings. The number of hydrogen-bond donors (Lipinski definition) is 0. The number of benzene rings is 2. The van der Waals surface area contributed by atoms with Crippen molar-refractivity contribution in [3.05, 3.63) is 84.4 Å². The molecule has 0 saturated carbocycles. The third-order valence-electron chi connectivity index (χ3n) is 10.6. The number of aryl methyl sites for hydroxylation is 2. The van der Waals surface area contributed by atoms with E-state index in [0.717, 1.165) is 35.1 Å². The Balaban J connectivity index is 1.08. The average Bonchev–Trinajstić information content (AvgIpc) is 3.23. The lowest BCUT2D eigenvalue weighted by Crippen LogP contribution is -2.15. The van der Waals surface area contributed by atoms with Crippen molar-refractivity contribution in [1.82, 2.24) is 19.9 Å². The maximum Gasteiger partial charge on any atom is 0.311 e. The van der Waals surface area contributed by atoms with Gasteiger partial charge in [0.1, 0.15) is 11.5 Å². The molecule has 8 heteroatoms. The first-order chi connectivity index (χ1) is 27.9. The van der Waals surface area contributed by atoms with Crippen LogP contribution in [0.3, 0.4) is 0 Å². The van der Waals surface area contributed by atoms with Gasteiger partial charge in [-0.15, -0.1) is 0 Å². The van der Waals surface area contributed by atoms with E-state index in [9.17, 15) is 9.59 Å². The van der Waals surface area contributed by atoms with E-state index in [0.29, 0.717) is 29.6 Å². The number of hydrogen-bond acceptors (Lipinski definition) is 8. The first-order valence-corrected chi connectivity index (χ1v) is 22.2. The summed E-state index contributed by atoms with van der Waals surface area (Å²) in [5, 5.41) is 0. The first-order valence-electron chi connectivity index (χ1n) is 22.2. The molecule has 0 bridgehead atoms. The Morgan fingerprint density at radius 1 is 0.491 bits per heavy atom. The number of esters is 2. The van der Waals surface area contributed by atoms with Crippen molar-refractivity contribution in [1.29, 1.82) is 0 Å². The molecule has 0 fully saturated rings. The van der Waals surface area contributed by atoms with Crippen LogP contribution in [0.15, 0.2) is 73.3 Å². The van der Waals surface area contributed by atoms with Crippen molar-refractivity contribution < 1.29 is 19.1 Å². The van der Waals surface area contributed by atoms with E-state index in [4.69, 9.17) is 9.47 Å². The lowest BCUT2D eigenvalue weighted by Gasteiger charge is -2.11. The fraction of sp³-hybridized carbons (Fsp3) is 0.551. The van der Waals surface area contributed by atoms with E-state index in [2.05, 4.69) is 33.8 Å². The van der Waals surface area contributed by atoms with Crippen LogP contribution in [0.5, 0.6) is 11.5 Å². The molecule has 0 spiro atoms. The number of unbranched alkanes of at least 4 members (excludes halogenated alkanes) is 16. The summed E-state index contributed by atoms with van der Waals surface area (Å²) in [7, 11) is 0. The van der Waals surface area contributed by atoms with Gasteiger partial charge in [0.2, 0.25) is 0 Å². The van der Waals surface area contributed by atoms with Crippen LogP contribution in [0.1, 0.15) is 167 Å². The van der Waals surface area contributed by atoms with Crippen LogP contribution >= 0.6 is 0 Å². The average molecular weight is 777 g/mol. The van der Waals surface area contributed by atoms with Gasteiger partial charge in [0, 0.05) is 48.8 Å². The van der Waals surface area contributed by atoms with Gasteiger partial charge < -0.3 is 9.47 Å². The highest BCUT2D eigenvalue weighted by molar-refractivity contribution is 5.74. The quantitative estimate of drug-likeness (QED) is 0.0305. The van der Waals surface area contributed by atoms with Crippen LogP contribution in [-0.2, 0) is 22.4 Å². The number of ether oxygens (including phenoxy) is 2. The second-order valence-corrected chi connectivity index (χ2v) is 15.8. The fourth-order valence-corrected chi connectivity index (χ4v) is 7.00. The van der Waals surface area contributed by atoms with E-state index in [1.807, 2.05) is 56.0 Å². The predicted molar refractivity (Wildman–Crippen MR) is 231 cm³/mol. The Morgan fingerprint density at radius 2 is 0.842 bits per heavy atom. The molecule has 0 saturated heterocycles. The van der Waals surface area contributed by atoms with Gasteiger partial charge in [-0.25, -0.2) is 19.9 Å². The van der Waals surface area contributed by atoms with Crippen molar-refractivity contribution in [3.63, 3.8) is 0 Å². The molecule has 57 heavy (non-hydrogen) atoms. The zero-order valence-electron chi connectivity index (χ0n) is 35.2. The SMILES string of the molecule is CCCCCCCCCCCc1cnc(-c2ccc(OC(=O)CC[C@@H](C)CC(=O)Oc3ccc(-c4ncc(CCCCCCCCCCC)cn4)cc3)cc2)nc1. The van der Waals surface area contributed by atoms with E-state index in [1.54, 1.807) is 24.3 Å². The number of aromatic nitrogens is 4. The Morgan fingerprint density at radius 3 is 1.23 bits per heavy atom. The molecule has 0 amide bonds. The fourth-order valence-electron chi connectivity index (χ4n) is 7.00. The molecule has 8 nitrogen and oxygen atoms in total. The summed E-state index contributed by atoms with van der Waals surface area (Å²) in [6, 6.07) is 14.5. The van der Waals surface area contributed by atoms with Gasteiger partial charge in [0.15, 0.2) is 11.6 Å². The maximum absolute atomic E-state index is 12.7. The molecule has 2 heterocycles. The van der Waals surface area contributed by atoms with Crippen LogP contribution in [0.2, 0.25) is 0 Å². The summed E-state index contributed by atoms with van der Waals surface area (Å²) in [6.07, 6.45) is 34.3. The minimum Gasteiger partial charge on any atom is -0.427 e. The van der Waals surface area contributed by atoms with E-state index >= 15 is 0 Å². The molecule has 308 valence electrons. The molecule has 2 aromatic heterocycles. The minimum absolute atomic E-state index is 0.0467. The van der Waals surface area contributed by atoms with Gasteiger partial charge in [0.25, 0.3) is 0 Å². The van der Waals surface area contributed by atoms with Gasteiger partial charge in [-0.05, 0) is 97.7 Å². The molecule has 0 aliphatic carbocycles. The number of nitrogens with zero attached hydrogens (tertiary/aromatic N) is 4. The monoisotopic (exact) mass is 777 g/mol. The van der Waals surface area contributed by atoms with Crippen molar-refractivity contribution in [2.75, 3.05) is 0 Å². The first kappa shape index (κ1) is 45.2. The van der Waals surface area contributed by atoms with E-state index < -0.39 is 0 Å². The topological polar surface area (TPSA) is 104 Å². The van der Waals surface area contributed by atoms with Crippen LogP contribution in [0.4, 0.5) is 0 Å². The highest BCUT2D eigenvalue weighted by Crippen LogP contribution is 2.23. The van der Waals surface area contributed by atoms with Crippen molar-refractivity contribution in [2.24, 2.45) is 5.92 Å². The molecule has 0 unspecified atom stereocenters. The van der Waals surface area contributed by atoms with Gasteiger partial charge in [-0.1, -0.05) is 124 Å². The van der Waals surface area contributed by atoms with Crippen molar-refractivity contribution >= 4 is 11.9 Å². The molecule has 0 aliphatic rings. The minimum atomic E-state index is -0.339. The second kappa shape index (κ2) is 27.2. The zero-order chi connectivity index (χ0) is 40.3. The zero-order valence-corrected chi connectivity index (χ0v) is 35.2. The molecule has 0 aliphatic heterocycles. The molecular formula is C49H68N4O4. The van der Waals surface area contributed by atoms with Crippen molar-refractivity contribution in [2.45, 2.75) is 168 Å². The molecule has 0 radical (unpaired) electrons. The molecule has 1 atom stereocenters. The lowest BCUT2D eigenvalue weighted by molar-refractivity contribution is -0.137. The molecule has 4 rings (SSSR count). The van der Waals surface area contributed by atoms with Crippen LogP contribution in [0.25, 0.3) is 22.8 Å². The summed E-state index contributed by atoms with van der Waals surface area (Å²) in [6.45, 7) is 6.45. The number of carbonyl (C=O) groups excluding carboxylic acids is 2. The molecule has 0 N–H and O–H groups in total. The Labute approximate surface area is 343 Å². The Bertz CT molecular complexity index is 1680. The van der Waals surface area contributed by atoms with E-state index in [-0.39, 0.29) is 30.7 Å². The van der Waals surface area contributed by atoms with Crippen LogP contribution in [-0.4, -0.2) is 31.9 Å². The smallest absolute Gasteiger partial charge is 0.311 e. The third-order valence-corrected chi connectivity index (χ3v) is 10.6.